The summed E-state index contributed by atoms with van der Waals surface area (Å²) >= 11 is 5.52. The van der Waals surface area contributed by atoms with E-state index in [0.29, 0.717) is 34.1 Å². The van der Waals surface area contributed by atoms with E-state index in [1.807, 2.05) is 6.07 Å². The summed E-state index contributed by atoms with van der Waals surface area (Å²) in [5.41, 5.74) is 4.26. The molecule has 10 heteroatoms. The highest BCUT2D eigenvalue weighted by molar-refractivity contribution is 6.30. The second-order valence-corrected chi connectivity index (χ2v) is 10.6. The quantitative estimate of drug-likeness (QED) is 0.158. The van der Waals surface area contributed by atoms with Gasteiger partial charge in [-0.2, -0.15) is 0 Å². The molecule has 5 rings (SSSR count). The van der Waals surface area contributed by atoms with Gasteiger partial charge in [-0.05, 0) is 98.8 Å². The van der Waals surface area contributed by atoms with Crippen LogP contribution in [0.2, 0.25) is 5.02 Å². The lowest BCUT2D eigenvalue weighted by atomic mass is 9.89. The fourth-order valence-corrected chi connectivity index (χ4v) is 5.48. The molecule has 0 bridgehead atoms. The molecule has 0 radical (unpaired) electrons. The maximum absolute atomic E-state index is 12.5. The highest BCUT2D eigenvalue weighted by atomic mass is 35.5. The van der Waals surface area contributed by atoms with Crippen molar-refractivity contribution in [3.8, 4) is 0 Å². The Kier molecular flexibility index (Phi) is 10.7. The third-order valence-electron chi connectivity index (χ3n) is 7.65. The molecule has 0 spiro atoms. The molecular weight excluding hydrogens is 554 g/mol. The standard InChI is InChI=1S/C25H31N5O2.C7H5ClO2/c1-3-19(4-2)30-13-11-17(12-14-30)20-15-26-22-9-10-23(28-24(20)22)29-25(32)27-21-8-6-5-7-18(21)16-31;8-6-3-1-5(2-4-6)7(9)10/h5-10,15-17,19,26H,3-4,11-14H2,1-2H3,(H2,27,28,29,32);1-4H,(H,9,10). The summed E-state index contributed by atoms with van der Waals surface area (Å²) in [5, 5.41) is 14.5. The van der Waals surface area contributed by atoms with Crippen molar-refractivity contribution in [1.82, 2.24) is 14.9 Å². The molecule has 1 fully saturated rings. The van der Waals surface area contributed by atoms with Crippen LogP contribution in [0.5, 0.6) is 0 Å². The van der Waals surface area contributed by atoms with Crippen LogP contribution in [0, 0.1) is 0 Å². The van der Waals surface area contributed by atoms with Crippen LogP contribution in [-0.2, 0) is 0 Å². The Labute approximate surface area is 250 Å². The summed E-state index contributed by atoms with van der Waals surface area (Å²) in [7, 11) is 0. The van der Waals surface area contributed by atoms with E-state index in [1.165, 1.54) is 30.5 Å². The van der Waals surface area contributed by atoms with Gasteiger partial charge in [0.25, 0.3) is 0 Å². The number of para-hydroxylation sites is 1. The van der Waals surface area contributed by atoms with Crippen molar-refractivity contribution >= 4 is 52.4 Å². The number of nitrogens with zero attached hydrogens (tertiary/aromatic N) is 2. The molecule has 2 aromatic carbocycles. The van der Waals surface area contributed by atoms with Gasteiger partial charge in [0.2, 0.25) is 0 Å². The van der Waals surface area contributed by atoms with Crippen LogP contribution in [0.1, 0.15) is 71.7 Å². The molecule has 2 amide bonds. The Morgan fingerprint density at radius 3 is 2.38 bits per heavy atom. The first-order chi connectivity index (χ1) is 20.3. The maximum Gasteiger partial charge on any atom is 0.335 e. The molecule has 0 aliphatic carbocycles. The number of rotatable bonds is 8. The molecule has 2 aromatic heterocycles. The molecule has 4 N–H and O–H groups in total. The number of hydrogen-bond acceptors (Lipinski definition) is 5. The summed E-state index contributed by atoms with van der Waals surface area (Å²) in [6.45, 7) is 6.76. The van der Waals surface area contributed by atoms with Gasteiger partial charge in [0.1, 0.15) is 5.82 Å². The number of carbonyl (C=O) groups is 3. The van der Waals surface area contributed by atoms with Crippen LogP contribution < -0.4 is 10.6 Å². The van der Waals surface area contributed by atoms with Crippen molar-refractivity contribution in [3.05, 3.63) is 88.6 Å². The monoisotopic (exact) mass is 589 g/mol. The molecule has 1 aliphatic heterocycles. The molecule has 220 valence electrons. The van der Waals surface area contributed by atoms with Gasteiger partial charge < -0.3 is 20.3 Å². The number of aromatic amines is 1. The Morgan fingerprint density at radius 2 is 1.74 bits per heavy atom. The number of halogens is 1. The third-order valence-corrected chi connectivity index (χ3v) is 7.90. The van der Waals surface area contributed by atoms with Gasteiger partial charge in [-0.15, -0.1) is 0 Å². The number of aromatic carboxylic acids is 1. The smallest absolute Gasteiger partial charge is 0.335 e. The number of amides is 2. The molecule has 0 atom stereocenters. The second-order valence-electron chi connectivity index (χ2n) is 10.2. The molecule has 1 saturated heterocycles. The second kappa shape index (κ2) is 14.6. The highest BCUT2D eigenvalue weighted by Gasteiger charge is 2.26. The number of likely N-dealkylation sites (tertiary alicyclic amines) is 1. The van der Waals surface area contributed by atoms with Crippen molar-refractivity contribution in [2.24, 2.45) is 0 Å². The van der Waals surface area contributed by atoms with E-state index in [1.54, 1.807) is 42.5 Å². The van der Waals surface area contributed by atoms with E-state index in [9.17, 15) is 14.4 Å². The molecule has 4 aromatic rings. The molecule has 3 heterocycles. The average molecular weight is 590 g/mol. The van der Waals surface area contributed by atoms with E-state index in [0.717, 1.165) is 43.3 Å². The Morgan fingerprint density at radius 1 is 1.05 bits per heavy atom. The van der Waals surface area contributed by atoms with Gasteiger partial charge in [0.05, 0.1) is 22.3 Å². The number of carboxylic acid groups (broad SMARTS) is 1. The predicted octanol–water partition coefficient (Wildman–Crippen LogP) is 7.43. The normalized spacial score (nSPS) is 13.8. The number of aromatic nitrogens is 2. The van der Waals surface area contributed by atoms with Crippen LogP contribution >= 0.6 is 11.6 Å². The van der Waals surface area contributed by atoms with Gasteiger partial charge in [-0.3, -0.25) is 10.1 Å². The van der Waals surface area contributed by atoms with E-state index < -0.39 is 12.0 Å². The van der Waals surface area contributed by atoms with Crippen molar-refractivity contribution in [2.75, 3.05) is 23.7 Å². The lowest BCUT2D eigenvalue weighted by Crippen LogP contribution is -2.40. The molecule has 0 saturated carbocycles. The van der Waals surface area contributed by atoms with Crippen molar-refractivity contribution in [1.29, 1.82) is 0 Å². The van der Waals surface area contributed by atoms with Gasteiger partial charge in [0, 0.05) is 22.8 Å². The summed E-state index contributed by atoms with van der Waals surface area (Å²) < 4.78 is 0. The van der Waals surface area contributed by atoms with Crippen molar-refractivity contribution in [3.63, 3.8) is 0 Å². The highest BCUT2D eigenvalue weighted by Crippen LogP contribution is 2.34. The fourth-order valence-electron chi connectivity index (χ4n) is 5.36. The van der Waals surface area contributed by atoms with Gasteiger partial charge in [-0.25, -0.2) is 14.6 Å². The lowest BCUT2D eigenvalue weighted by Gasteiger charge is -2.36. The zero-order chi connectivity index (χ0) is 30.1. The number of benzene rings is 2. The maximum atomic E-state index is 12.5. The summed E-state index contributed by atoms with van der Waals surface area (Å²) in [6, 6.07) is 16.9. The van der Waals surface area contributed by atoms with Crippen LogP contribution in [0.3, 0.4) is 0 Å². The first kappa shape index (κ1) is 30.7. The number of H-pyrrole nitrogens is 1. The van der Waals surface area contributed by atoms with E-state index in [2.05, 4.69) is 40.6 Å². The Balaban J connectivity index is 0.000000343. The first-order valence-electron chi connectivity index (χ1n) is 14.2. The number of carboxylic acids is 1. The minimum atomic E-state index is -0.934. The third kappa shape index (κ3) is 7.74. The molecule has 42 heavy (non-hydrogen) atoms. The summed E-state index contributed by atoms with van der Waals surface area (Å²) in [5.74, 6) is 0.0102. The Bertz CT molecular complexity index is 1510. The van der Waals surface area contributed by atoms with E-state index in [4.69, 9.17) is 21.7 Å². The zero-order valence-corrected chi connectivity index (χ0v) is 24.5. The van der Waals surface area contributed by atoms with Gasteiger partial charge in [0.15, 0.2) is 6.29 Å². The number of carbonyl (C=O) groups excluding carboxylic acids is 2. The topological polar surface area (TPSA) is 127 Å². The van der Waals surface area contributed by atoms with Gasteiger partial charge >= 0.3 is 12.0 Å². The zero-order valence-electron chi connectivity index (χ0n) is 23.8. The minimum Gasteiger partial charge on any atom is -0.478 e. The van der Waals surface area contributed by atoms with Crippen molar-refractivity contribution in [2.45, 2.75) is 51.5 Å². The lowest BCUT2D eigenvalue weighted by molar-refractivity contribution is 0.0696. The van der Waals surface area contributed by atoms with Crippen LogP contribution in [0.4, 0.5) is 16.3 Å². The number of aldehydes is 1. The summed E-state index contributed by atoms with van der Waals surface area (Å²) in [4.78, 5) is 44.6. The molecule has 0 unspecified atom stereocenters. The average Bonchev–Trinajstić information content (AvgIpc) is 3.42. The SMILES string of the molecule is CCC(CC)N1CCC(c2c[nH]c3ccc(NC(=O)Nc4ccccc4C=O)nc23)CC1.O=C(O)c1ccc(Cl)cc1. The molecular formula is C32H36ClN5O4. The minimum absolute atomic E-state index is 0.254. The number of fused-ring (bicyclic) bond motifs is 1. The number of piperidine rings is 1. The van der Waals surface area contributed by atoms with Crippen molar-refractivity contribution < 1.29 is 19.5 Å². The number of anilines is 2. The van der Waals surface area contributed by atoms with E-state index in [-0.39, 0.29) is 5.56 Å². The van der Waals surface area contributed by atoms with Crippen LogP contribution in [-0.4, -0.2) is 57.4 Å². The van der Waals surface area contributed by atoms with Crippen LogP contribution in [0.15, 0.2) is 66.9 Å². The predicted molar refractivity (Wildman–Crippen MR) is 167 cm³/mol. The Hall–Kier alpha value is -4.21. The molecule has 9 nitrogen and oxygen atoms in total. The molecule has 1 aliphatic rings. The largest absolute Gasteiger partial charge is 0.478 e. The number of urea groups is 1. The van der Waals surface area contributed by atoms with Crippen LogP contribution in [0.25, 0.3) is 11.0 Å². The summed E-state index contributed by atoms with van der Waals surface area (Å²) in [6.07, 6.45) is 7.42. The van der Waals surface area contributed by atoms with Gasteiger partial charge in [-0.1, -0.05) is 37.6 Å². The first-order valence-corrected chi connectivity index (χ1v) is 14.5. The fraction of sp³-hybridized carbons (Fsp3) is 0.312. The number of pyridine rings is 1. The number of hydrogen-bond donors (Lipinski definition) is 4. The van der Waals surface area contributed by atoms with E-state index >= 15 is 0 Å². The number of nitrogens with one attached hydrogen (secondary N) is 3.